The van der Waals surface area contributed by atoms with Gasteiger partial charge < -0.3 is 15.0 Å². The Morgan fingerprint density at radius 3 is 2.60 bits per heavy atom. The van der Waals surface area contributed by atoms with Crippen LogP contribution in [0.1, 0.15) is 37.1 Å². The Bertz CT molecular complexity index is 720. The van der Waals surface area contributed by atoms with Gasteiger partial charge in [0.25, 0.3) is 0 Å². The average Bonchev–Trinajstić information content (AvgIpc) is 3.06. The Hall–Kier alpha value is -2.08. The highest BCUT2D eigenvalue weighted by Gasteiger charge is 2.44. The van der Waals surface area contributed by atoms with Crippen molar-refractivity contribution >= 4 is 11.5 Å². The molecule has 0 aromatic carbocycles. The summed E-state index contributed by atoms with van der Waals surface area (Å²) in [5, 5.41) is 8.39. The standard InChI is InChI=1S/C19H25N5O/c1-5-19(6-1,17-13-18-20-7-2-8-24(18)22-17)16-4-3-15(14-21-16)23-9-11-25-12-10-23/h3-4,13-14,20H,1-2,5-12H2. The smallest absolute Gasteiger partial charge is 0.124 e. The van der Waals surface area contributed by atoms with E-state index in [0.717, 1.165) is 64.5 Å². The van der Waals surface area contributed by atoms with Crippen LogP contribution in [0.3, 0.4) is 0 Å². The fraction of sp³-hybridized carbons (Fsp3) is 0.579. The third-order valence-corrected chi connectivity index (χ3v) is 5.94. The van der Waals surface area contributed by atoms with Gasteiger partial charge in [0.1, 0.15) is 5.82 Å². The maximum atomic E-state index is 5.44. The summed E-state index contributed by atoms with van der Waals surface area (Å²) < 4.78 is 7.57. The SMILES string of the molecule is c1cc(C2(c3cc4n(n3)CCCN4)CCC2)ncc1N1CCOCC1. The minimum absolute atomic E-state index is 0.00948. The number of aromatic nitrogens is 3. The molecule has 0 atom stereocenters. The monoisotopic (exact) mass is 339 g/mol. The van der Waals surface area contributed by atoms with Gasteiger partial charge in [-0.3, -0.25) is 4.98 Å². The highest BCUT2D eigenvalue weighted by molar-refractivity contribution is 5.49. The third-order valence-electron chi connectivity index (χ3n) is 5.94. The van der Waals surface area contributed by atoms with E-state index in [0.29, 0.717) is 0 Å². The summed E-state index contributed by atoms with van der Waals surface area (Å²) in [6.45, 7) is 5.57. The van der Waals surface area contributed by atoms with E-state index < -0.39 is 0 Å². The topological polar surface area (TPSA) is 55.2 Å². The number of anilines is 2. The highest BCUT2D eigenvalue weighted by atomic mass is 16.5. The molecule has 1 saturated heterocycles. The van der Waals surface area contributed by atoms with Crippen molar-refractivity contribution in [3.05, 3.63) is 35.8 Å². The van der Waals surface area contributed by atoms with Crippen molar-refractivity contribution in [2.24, 2.45) is 0 Å². The van der Waals surface area contributed by atoms with Gasteiger partial charge in [-0.2, -0.15) is 5.10 Å². The van der Waals surface area contributed by atoms with Crippen LogP contribution in [0.4, 0.5) is 11.5 Å². The van der Waals surface area contributed by atoms with E-state index in [9.17, 15) is 0 Å². The second kappa shape index (κ2) is 6.02. The van der Waals surface area contributed by atoms with Crippen molar-refractivity contribution in [2.75, 3.05) is 43.1 Å². The van der Waals surface area contributed by atoms with Gasteiger partial charge in [-0.25, -0.2) is 4.68 Å². The van der Waals surface area contributed by atoms with Gasteiger partial charge in [-0.1, -0.05) is 6.42 Å². The summed E-state index contributed by atoms with van der Waals surface area (Å²) >= 11 is 0. The van der Waals surface area contributed by atoms with Crippen LogP contribution in [-0.2, 0) is 16.7 Å². The first-order valence-electron chi connectivity index (χ1n) is 9.47. The van der Waals surface area contributed by atoms with Crippen molar-refractivity contribution in [1.29, 1.82) is 0 Å². The van der Waals surface area contributed by atoms with Crippen molar-refractivity contribution in [3.63, 3.8) is 0 Å². The minimum Gasteiger partial charge on any atom is -0.378 e. The first kappa shape index (κ1) is 15.2. The predicted molar refractivity (Wildman–Crippen MR) is 97.2 cm³/mol. The lowest BCUT2D eigenvalue weighted by atomic mass is 9.64. The van der Waals surface area contributed by atoms with Crippen molar-refractivity contribution in [2.45, 2.75) is 37.6 Å². The first-order valence-corrected chi connectivity index (χ1v) is 9.47. The Labute approximate surface area is 148 Å². The second-order valence-corrected chi connectivity index (χ2v) is 7.36. The Kier molecular flexibility index (Phi) is 3.66. The van der Waals surface area contributed by atoms with Crippen LogP contribution in [0.15, 0.2) is 24.4 Å². The van der Waals surface area contributed by atoms with E-state index in [-0.39, 0.29) is 5.41 Å². The number of nitrogens with one attached hydrogen (secondary N) is 1. The van der Waals surface area contributed by atoms with Gasteiger partial charge in [-0.05, 0) is 31.4 Å². The lowest BCUT2D eigenvalue weighted by Gasteiger charge is -2.40. The molecule has 0 amide bonds. The number of aryl methyl sites for hydroxylation is 1. The van der Waals surface area contributed by atoms with E-state index >= 15 is 0 Å². The minimum atomic E-state index is 0.00948. The number of hydrogen-bond acceptors (Lipinski definition) is 5. The normalized spacial score (nSPS) is 22.0. The van der Waals surface area contributed by atoms with Gasteiger partial charge in [0.05, 0.1) is 41.9 Å². The van der Waals surface area contributed by atoms with Crippen molar-refractivity contribution in [3.8, 4) is 0 Å². The molecule has 6 heteroatoms. The summed E-state index contributed by atoms with van der Waals surface area (Å²) in [7, 11) is 0. The molecule has 0 spiro atoms. The zero-order valence-corrected chi connectivity index (χ0v) is 14.6. The third kappa shape index (κ3) is 2.51. The summed E-state index contributed by atoms with van der Waals surface area (Å²) in [6, 6.07) is 6.69. The number of rotatable bonds is 3. The molecule has 1 aliphatic carbocycles. The molecule has 2 aromatic rings. The summed E-state index contributed by atoms with van der Waals surface area (Å²) in [4.78, 5) is 7.23. The van der Waals surface area contributed by atoms with Gasteiger partial charge in [0.15, 0.2) is 0 Å². The van der Waals surface area contributed by atoms with E-state index in [4.69, 9.17) is 14.8 Å². The fourth-order valence-electron chi connectivity index (χ4n) is 4.26. The van der Waals surface area contributed by atoms with Crippen LogP contribution in [0.2, 0.25) is 0 Å². The second-order valence-electron chi connectivity index (χ2n) is 7.36. The molecule has 4 heterocycles. The first-order chi connectivity index (χ1) is 12.4. The summed E-state index contributed by atoms with van der Waals surface area (Å²) in [5.41, 5.74) is 3.57. The van der Waals surface area contributed by atoms with E-state index in [1.807, 2.05) is 6.20 Å². The zero-order chi connectivity index (χ0) is 16.7. The quantitative estimate of drug-likeness (QED) is 0.931. The van der Waals surface area contributed by atoms with Gasteiger partial charge in [-0.15, -0.1) is 0 Å². The van der Waals surface area contributed by atoms with Crippen LogP contribution in [-0.4, -0.2) is 47.6 Å². The number of hydrogen-bond donors (Lipinski definition) is 1. The van der Waals surface area contributed by atoms with E-state index in [1.54, 1.807) is 0 Å². The van der Waals surface area contributed by atoms with Gasteiger partial charge in [0.2, 0.25) is 0 Å². The van der Waals surface area contributed by atoms with Gasteiger partial charge in [0, 0.05) is 32.2 Å². The largest absolute Gasteiger partial charge is 0.378 e. The van der Waals surface area contributed by atoms with E-state index in [2.05, 4.69) is 33.1 Å². The predicted octanol–water partition coefficient (Wildman–Crippen LogP) is 2.40. The molecule has 0 unspecified atom stereocenters. The van der Waals surface area contributed by atoms with Crippen LogP contribution < -0.4 is 10.2 Å². The van der Waals surface area contributed by atoms with Crippen LogP contribution in [0.25, 0.3) is 0 Å². The molecule has 2 aliphatic heterocycles. The molecule has 132 valence electrons. The summed E-state index contributed by atoms with van der Waals surface area (Å²) in [6.07, 6.45) is 6.73. The molecule has 1 saturated carbocycles. The molecular formula is C19H25N5O. The Balaban J connectivity index is 1.44. The molecule has 3 aliphatic rings. The number of morpholine rings is 1. The molecule has 0 bridgehead atoms. The molecule has 25 heavy (non-hydrogen) atoms. The lowest BCUT2D eigenvalue weighted by molar-refractivity contribution is 0.122. The maximum absolute atomic E-state index is 5.44. The average molecular weight is 339 g/mol. The van der Waals surface area contributed by atoms with Crippen molar-refractivity contribution in [1.82, 2.24) is 14.8 Å². The number of pyridine rings is 1. The number of nitrogens with zero attached hydrogens (tertiary/aromatic N) is 4. The molecular weight excluding hydrogens is 314 g/mol. The lowest BCUT2D eigenvalue weighted by Crippen LogP contribution is -2.38. The van der Waals surface area contributed by atoms with Crippen LogP contribution in [0, 0.1) is 0 Å². The summed E-state index contributed by atoms with van der Waals surface area (Å²) in [5.74, 6) is 1.16. The van der Waals surface area contributed by atoms with Gasteiger partial charge >= 0.3 is 0 Å². The maximum Gasteiger partial charge on any atom is 0.124 e. The number of fused-ring (bicyclic) bond motifs is 1. The molecule has 0 radical (unpaired) electrons. The number of ether oxygens (including phenoxy) is 1. The van der Waals surface area contributed by atoms with E-state index in [1.165, 1.54) is 23.5 Å². The molecule has 1 N–H and O–H groups in total. The van der Waals surface area contributed by atoms with Crippen LogP contribution >= 0.6 is 0 Å². The Morgan fingerprint density at radius 1 is 1.04 bits per heavy atom. The van der Waals surface area contributed by atoms with Crippen molar-refractivity contribution < 1.29 is 4.74 Å². The zero-order valence-electron chi connectivity index (χ0n) is 14.6. The highest BCUT2D eigenvalue weighted by Crippen LogP contribution is 2.48. The fourth-order valence-corrected chi connectivity index (χ4v) is 4.26. The molecule has 2 fully saturated rings. The Morgan fingerprint density at radius 2 is 1.92 bits per heavy atom. The van der Waals surface area contributed by atoms with Crippen LogP contribution in [0.5, 0.6) is 0 Å². The molecule has 2 aromatic heterocycles. The molecule has 6 nitrogen and oxygen atoms in total. The molecule has 5 rings (SSSR count).